The second kappa shape index (κ2) is 8.23. The predicted molar refractivity (Wildman–Crippen MR) is 102 cm³/mol. The van der Waals surface area contributed by atoms with Crippen LogP contribution in [-0.2, 0) is 11.3 Å². The minimum absolute atomic E-state index is 0.0701. The van der Waals surface area contributed by atoms with Crippen LogP contribution in [0.25, 0.3) is 0 Å². The van der Waals surface area contributed by atoms with E-state index in [1.165, 1.54) is 11.8 Å². The molecule has 2 aromatic heterocycles. The first kappa shape index (κ1) is 18.3. The molecular formula is C19H22N4O2S. The molecule has 0 saturated carbocycles. The summed E-state index contributed by atoms with van der Waals surface area (Å²) in [5.74, 6) is 2.13. The van der Waals surface area contributed by atoms with Crippen LogP contribution in [0, 0.1) is 6.92 Å². The van der Waals surface area contributed by atoms with Crippen molar-refractivity contribution in [1.29, 1.82) is 0 Å². The van der Waals surface area contributed by atoms with Gasteiger partial charge in [0.2, 0.25) is 5.91 Å². The van der Waals surface area contributed by atoms with Gasteiger partial charge in [-0.25, -0.2) is 0 Å². The molecule has 3 aromatic rings. The number of carbonyl (C=O) groups excluding carboxylic acids is 1. The van der Waals surface area contributed by atoms with Crippen LogP contribution in [0.5, 0.6) is 0 Å². The molecule has 0 aliphatic rings. The van der Waals surface area contributed by atoms with Gasteiger partial charge in [-0.2, -0.15) is 0 Å². The number of anilines is 1. The zero-order valence-corrected chi connectivity index (χ0v) is 15.9. The third kappa shape index (κ3) is 4.54. The smallest absolute Gasteiger partial charge is 0.234 e. The second-order valence-corrected chi connectivity index (χ2v) is 7.31. The standard InChI is InChI=1S/C19H22N4O2S/c1-13(2)18-21-22-19(23(18)11-16-8-5-9-25-16)26-12-17(24)20-15-7-4-6-14(3)10-15/h4-10,13H,11-12H2,1-3H3,(H,20,24). The molecule has 26 heavy (non-hydrogen) atoms. The molecule has 3 rings (SSSR count). The number of carbonyl (C=O) groups is 1. The van der Waals surface area contributed by atoms with Gasteiger partial charge in [0.15, 0.2) is 5.16 Å². The van der Waals surface area contributed by atoms with Crippen molar-refractivity contribution >= 4 is 23.4 Å². The fraction of sp³-hybridized carbons (Fsp3) is 0.316. The van der Waals surface area contributed by atoms with Crippen molar-refractivity contribution in [2.24, 2.45) is 0 Å². The number of aromatic nitrogens is 3. The maximum atomic E-state index is 12.3. The molecule has 0 atom stereocenters. The lowest BCUT2D eigenvalue weighted by Gasteiger charge is -2.10. The highest BCUT2D eigenvalue weighted by molar-refractivity contribution is 7.99. The van der Waals surface area contributed by atoms with Crippen molar-refractivity contribution in [3.63, 3.8) is 0 Å². The molecule has 0 saturated heterocycles. The number of hydrogen-bond donors (Lipinski definition) is 1. The summed E-state index contributed by atoms with van der Waals surface area (Å²) in [6.07, 6.45) is 1.65. The molecule has 7 heteroatoms. The molecule has 0 bridgehead atoms. The molecule has 6 nitrogen and oxygen atoms in total. The van der Waals surface area contributed by atoms with Gasteiger partial charge in [-0.3, -0.25) is 9.36 Å². The molecule has 0 aliphatic heterocycles. The highest BCUT2D eigenvalue weighted by Crippen LogP contribution is 2.23. The van der Waals surface area contributed by atoms with Crippen LogP contribution >= 0.6 is 11.8 Å². The Morgan fingerprint density at radius 3 is 2.81 bits per heavy atom. The third-order valence-electron chi connectivity index (χ3n) is 3.79. The van der Waals surface area contributed by atoms with Gasteiger partial charge < -0.3 is 9.73 Å². The van der Waals surface area contributed by atoms with Crippen LogP contribution in [0.1, 0.15) is 36.9 Å². The highest BCUT2D eigenvalue weighted by Gasteiger charge is 2.17. The van der Waals surface area contributed by atoms with E-state index < -0.39 is 0 Å². The second-order valence-electron chi connectivity index (χ2n) is 6.37. The molecule has 0 aliphatic carbocycles. The van der Waals surface area contributed by atoms with Crippen LogP contribution in [0.15, 0.2) is 52.2 Å². The number of aryl methyl sites for hydroxylation is 1. The number of hydrogen-bond acceptors (Lipinski definition) is 5. The Balaban J connectivity index is 1.68. The molecule has 2 heterocycles. The maximum Gasteiger partial charge on any atom is 0.234 e. The molecule has 1 amide bonds. The van der Waals surface area contributed by atoms with Crippen molar-refractivity contribution in [3.8, 4) is 0 Å². The lowest BCUT2D eigenvalue weighted by atomic mass is 10.2. The number of nitrogens with one attached hydrogen (secondary N) is 1. The molecular weight excluding hydrogens is 348 g/mol. The van der Waals surface area contributed by atoms with E-state index in [4.69, 9.17) is 4.42 Å². The molecule has 0 radical (unpaired) electrons. The van der Waals surface area contributed by atoms with E-state index in [9.17, 15) is 4.79 Å². The summed E-state index contributed by atoms with van der Waals surface area (Å²) in [4.78, 5) is 12.3. The van der Waals surface area contributed by atoms with Crippen molar-refractivity contribution in [2.45, 2.75) is 38.4 Å². The number of nitrogens with zero attached hydrogens (tertiary/aromatic N) is 3. The molecule has 1 aromatic carbocycles. The summed E-state index contributed by atoms with van der Waals surface area (Å²) in [7, 11) is 0. The summed E-state index contributed by atoms with van der Waals surface area (Å²) in [6.45, 7) is 6.69. The summed E-state index contributed by atoms with van der Waals surface area (Å²) < 4.78 is 7.46. The monoisotopic (exact) mass is 370 g/mol. The first-order valence-electron chi connectivity index (χ1n) is 8.47. The summed E-state index contributed by atoms with van der Waals surface area (Å²) in [5, 5.41) is 12.2. The van der Waals surface area contributed by atoms with Gasteiger partial charge in [-0.1, -0.05) is 37.7 Å². The number of benzene rings is 1. The Hall–Kier alpha value is -2.54. The molecule has 0 fully saturated rings. The SMILES string of the molecule is Cc1cccc(NC(=O)CSc2nnc(C(C)C)n2Cc2ccco2)c1. The minimum Gasteiger partial charge on any atom is -0.467 e. The lowest BCUT2D eigenvalue weighted by Crippen LogP contribution is -2.15. The maximum absolute atomic E-state index is 12.3. The average molecular weight is 370 g/mol. The summed E-state index contributed by atoms with van der Waals surface area (Å²) in [5.41, 5.74) is 1.91. The summed E-state index contributed by atoms with van der Waals surface area (Å²) >= 11 is 1.37. The van der Waals surface area contributed by atoms with Crippen LogP contribution < -0.4 is 5.32 Å². The van der Waals surface area contributed by atoms with Crippen LogP contribution in [-0.4, -0.2) is 26.4 Å². The largest absolute Gasteiger partial charge is 0.467 e. The number of thioether (sulfide) groups is 1. The van der Waals surface area contributed by atoms with Crippen LogP contribution in [0.3, 0.4) is 0 Å². The molecule has 136 valence electrons. The highest BCUT2D eigenvalue weighted by atomic mass is 32.2. The van der Waals surface area contributed by atoms with Crippen molar-refractivity contribution < 1.29 is 9.21 Å². The number of rotatable bonds is 7. The van der Waals surface area contributed by atoms with Crippen LogP contribution in [0.2, 0.25) is 0 Å². The number of furan rings is 1. The van der Waals surface area contributed by atoms with Gasteiger partial charge in [-0.15, -0.1) is 10.2 Å². The normalized spacial score (nSPS) is 11.1. The Labute approximate surface area is 157 Å². The van der Waals surface area contributed by atoms with E-state index >= 15 is 0 Å². The average Bonchev–Trinajstić information content (AvgIpc) is 3.23. The van der Waals surface area contributed by atoms with E-state index in [1.54, 1.807) is 6.26 Å². The Morgan fingerprint density at radius 1 is 1.27 bits per heavy atom. The summed E-state index contributed by atoms with van der Waals surface area (Å²) in [6, 6.07) is 11.5. The van der Waals surface area contributed by atoms with E-state index in [2.05, 4.69) is 29.4 Å². The Kier molecular flexibility index (Phi) is 5.78. The molecule has 0 spiro atoms. The van der Waals surface area contributed by atoms with Gasteiger partial charge >= 0.3 is 0 Å². The van der Waals surface area contributed by atoms with Crippen molar-refractivity contribution in [1.82, 2.24) is 14.8 Å². The van der Waals surface area contributed by atoms with Gasteiger partial charge in [-0.05, 0) is 36.8 Å². The van der Waals surface area contributed by atoms with Gasteiger partial charge in [0.25, 0.3) is 0 Å². The van der Waals surface area contributed by atoms with E-state index in [0.29, 0.717) is 11.7 Å². The van der Waals surface area contributed by atoms with E-state index in [1.807, 2.05) is 47.9 Å². The molecule has 1 N–H and O–H groups in total. The van der Waals surface area contributed by atoms with Gasteiger partial charge in [0.05, 0.1) is 18.6 Å². The first-order chi connectivity index (χ1) is 12.5. The first-order valence-corrected chi connectivity index (χ1v) is 9.46. The van der Waals surface area contributed by atoms with E-state index in [0.717, 1.165) is 22.8 Å². The lowest BCUT2D eigenvalue weighted by molar-refractivity contribution is -0.113. The fourth-order valence-electron chi connectivity index (χ4n) is 2.59. The number of amides is 1. The quantitative estimate of drug-likeness (QED) is 0.634. The zero-order valence-electron chi connectivity index (χ0n) is 15.1. The Morgan fingerprint density at radius 2 is 2.12 bits per heavy atom. The van der Waals surface area contributed by atoms with Gasteiger partial charge in [0, 0.05) is 11.6 Å². The predicted octanol–water partition coefficient (Wildman–Crippen LogP) is 4.08. The van der Waals surface area contributed by atoms with Crippen molar-refractivity contribution in [2.75, 3.05) is 11.1 Å². The van der Waals surface area contributed by atoms with Gasteiger partial charge in [0.1, 0.15) is 11.6 Å². The third-order valence-corrected chi connectivity index (χ3v) is 4.76. The van der Waals surface area contributed by atoms with E-state index in [-0.39, 0.29) is 17.6 Å². The molecule has 0 unspecified atom stereocenters. The minimum atomic E-state index is -0.0701. The fourth-order valence-corrected chi connectivity index (χ4v) is 3.34. The zero-order chi connectivity index (χ0) is 18.5. The topological polar surface area (TPSA) is 73.0 Å². The van der Waals surface area contributed by atoms with Crippen LogP contribution in [0.4, 0.5) is 5.69 Å². The Bertz CT molecular complexity index is 872. The van der Waals surface area contributed by atoms with Crippen molar-refractivity contribution in [3.05, 3.63) is 59.8 Å².